The topological polar surface area (TPSA) is 218 Å². The van der Waals surface area contributed by atoms with Gasteiger partial charge in [0.25, 0.3) is 5.56 Å². The summed E-state index contributed by atoms with van der Waals surface area (Å²) in [6.07, 6.45) is -6.52. The highest BCUT2D eigenvalue weighted by molar-refractivity contribution is 5.70. The Labute approximate surface area is 162 Å². The number of aromatic nitrogens is 4. The third-order valence-electron chi connectivity index (χ3n) is 5.06. The van der Waals surface area contributed by atoms with E-state index < -0.39 is 67.9 Å². The molecule has 14 nitrogen and oxygen atoms in total. The van der Waals surface area contributed by atoms with E-state index in [0.717, 1.165) is 0 Å². The molecule has 4 heterocycles. The maximum absolute atomic E-state index is 12.0. The number of nitrogen functional groups attached to an aromatic ring is 1. The molecule has 29 heavy (non-hydrogen) atoms. The molecule has 2 aromatic heterocycles. The Balaban J connectivity index is 1.71. The molecule has 2 aliphatic rings. The van der Waals surface area contributed by atoms with Crippen molar-refractivity contribution in [1.82, 2.24) is 19.5 Å². The van der Waals surface area contributed by atoms with E-state index in [0.29, 0.717) is 0 Å². The molecule has 2 aliphatic heterocycles. The van der Waals surface area contributed by atoms with Gasteiger partial charge in [0.1, 0.15) is 37.1 Å². The second-order valence-electron chi connectivity index (χ2n) is 6.92. The smallest absolute Gasteiger partial charge is 0.280 e. The molecule has 2 aromatic rings. The zero-order valence-corrected chi connectivity index (χ0v) is 15.0. The van der Waals surface area contributed by atoms with Gasteiger partial charge in [-0.1, -0.05) is 0 Å². The Morgan fingerprint density at radius 1 is 1.34 bits per heavy atom. The van der Waals surface area contributed by atoms with E-state index in [1.165, 1.54) is 10.9 Å². The molecule has 0 radical (unpaired) electrons. The van der Waals surface area contributed by atoms with Crippen LogP contribution in [0.5, 0.6) is 0 Å². The van der Waals surface area contributed by atoms with E-state index in [4.69, 9.17) is 19.9 Å². The zero-order valence-electron chi connectivity index (χ0n) is 15.0. The first-order valence-electron chi connectivity index (χ1n) is 8.76. The number of nitrogens with two attached hydrogens (primary N) is 1. The Bertz CT molecular complexity index is 950. The summed E-state index contributed by atoms with van der Waals surface area (Å²) in [6, 6.07) is 0. The van der Waals surface area contributed by atoms with E-state index in [1.54, 1.807) is 0 Å². The van der Waals surface area contributed by atoms with Crippen molar-refractivity contribution >= 4 is 17.1 Å². The van der Waals surface area contributed by atoms with Gasteiger partial charge < -0.3 is 45.5 Å². The van der Waals surface area contributed by atoms with Crippen molar-refractivity contribution in [1.29, 1.82) is 0 Å². The molecule has 0 spiro atoms. The molecule has 160 valence electrons. The predicted octanol–water partition coefficient (Wildman–Crippen LogP) is -4.22. The highest BCUT2D eigenvalue weighted by Crippen LogP contribution is 2.38. The molecule has 2 fully saturated rings. The average Bonchev–Trinajstić information content (AvgIpc) is 3.32. The Hall–Kier alpha value is -2.17. The Kier molecular flexibility index (Phi) is 5.04. The summed E-state index contributed by atoms with van der Waals surface area (Å²) < 4.78 is 17.6. The number of aromatic amines is 1. The van der Waals surface area contributed by atoms with Crippen LogP contribution in [0.15, 0.2) is 11.1 Å². The molecular weight excluding hydrogens is 394 g/mol. The molecule has 7 atom stereocenters. The first kappa shape index (κ1) is 20.1. The quantitative estimate of drug-likeness (QED) is 0.231. The van der Waals surface area contributed by atoms with Gasteiger partial charge in [-0.25, -0.2) is 4.98 Å². The number of H-pyrrole nitrogens is 1. The van der Waals surface area contributed by atoms with Crippen molar-refractivity contribution in [2.75, 3.05) is 25.6 Å². The summed E-state index contributed by atoms with van der Waals surface area (Å²) in [4.78, 5) is 22.3. The van der Waals surface area contributed by atoms with Crippen LogP contribution < -0.4 is 11.3 Å². The van der Waals surface area contributed by atoms with Gasteiger partial charge in [0.05, 0.1) is 19.5 Å². The largest absolute Gasteiger partial charge is 0.394 e. The number of aliphatic hydroxyl groups excluding tert-OH is 4. The number of hydrogen-bond acceptors (Lipinski definition) is 12. The lowest BCUT2D eigenvalue weighted by Gasteiger charge is -2.32. The normalized spacial score (nSPS) is 37.6. The minimum atomic E-state index is -2.26. The summed E-state index contributed by atoms with van der Waals surface area (Å²) in [5.74, 6) is -2.44. The molecule has 8 N–H and O–H groups in total. The molecule has 0 amide bonds. The lowest BCUT2D eigenvalue weighted by molar-refractivity contribution is -0.280. The fourth-order valence-corrected chi connectivity index (χ4v) is 3.53. The number of aliphatic hydroxyl groups is 5. The molecule has 4 rings (SSSR count). The minimum absolute atomic E-state index is 0.0269. The standard InChI is InChI=1S/C15H21N5O9/c16-14-18-11-7(12(25)19-14)17-4-20(11)13-9(8(23)5(1-21)28-13)29-15(26)3-27-6(2-22)10(15)24/h4-6,8-10,13,21-24,26H,1-3H2,(H3,16,18,19,25)/t5-,6-,8?,9?,10-,13-,15+/m1/s1. The van der Waals surface area contributed by atoms with E-state index >= 15 is 0 Å². The van der Waals surface area contributed by atoms with E-state index in [9.17, 15) is 30.3 Å². The third-order valence-corrected chi connectivity index (χ3v) is 5.06. The fourth-order valence-electron chi connectivity index (χ4n) is 3.53. The van der Waals surface area contributed by atoms with Crippen LogP contribution in [0.1, 0.15) is 6.23 Å². The number of fused-ring (bicyclic) bond motifs is 1. The second kappa shape index (κ2) is 7.26. The summed E-state index contributed by atoms with van der Waals surface area (Å²) in [5, 5.41) is 50.1. The molecule has 2 saturated heterocycles. The van der Waals surface area contributed by atoms with Crippen LogP contribution in [0.3, 0.4) is 0 Å². The third kappa shape index (κ3) is 3.19. The lowest BCUT2D eigenvalue weighted by atomic mass is 10.1. The van der Waals surface area contributed by atoms with Gasteiger partial charge in [-0.05, 0) is 0 Å². The van der Waals surface area contributed by atoms with Crippen molar-refractivity contribution in [2.24, 2.45) is 0 Å². The molecule has 0 aliphatic carbocycles. The maximum Gasteiger partial charge on any atom is 0.280 e. The Morgan fingerprint density at radius 3 is 2.72 bits per heavy atom. The first-order valence-corrected chi connectivity index (χ1v) is 8.76. The van der Waals surface area contributed by atoms with Crippen molar-refractivity contribution in [3.05, 3.63) is 16.7 Å². The fraction of sp³-hybridized carbons (Fsp3) is 0.667. The SMILES string of the molecule is Nc1nc2c(ncn2[C@@H]2O[C@H](CO)C(O)C2O[C@@]2(O)CO[C@H](CO)[C@H]2O)c(=O)[nH]1. The van der Waals surface area contributed by atoms with Crippen molar-refractivity contribution in [3.8, 4) is 0 Å². The highest BCUT2D eigenvalue weighted by Gasteiger charge is 2.55. The number of hydrogen-bond donors (Lipinski definition) is 7. The zero-order chi connectivity index (χ0) is 20.9. The van der Waals surface area contributed by atoms with Crippen LogP contribution in [-0.4, -0.2) is 101 Å². The number of anilines is 1. The van der Waals surface area contributed by atoms with E-state index in [2.05, 4.69) is 15.0 Å². The van der Waals surface area contributed by atoms with Gasteiger partial charge in [0.2, 0.25) is 11.7 Å². The van der Waals surface area contributed by atoms with Crippen molar-refractivity contribution in [2.45, 2.75) is 42.5 Å². The van der Waals surface area contributed by atoms with Crippen LogP contribution in [0.2, 0.25) is 0 Å². The van der Waals surface area contributed by atoms with Gasteiger partial charge in [-0.2, -0.15) is 4.98 Å². The van der Waals surface area contributed by atoms with E-state index in [1.807, 2.05) is 0 Å². The summed E-state index contributed by atoms with van der Waals surface area (Å²) in [7, 11) is 0. The van der Waals surface area contributed by atoms with Gasteiger partial charge in [-0.3, -0.25) is 14.3 Å². The van der Waals surface area contributed by atoms with E-state index in [-0.39, 0.29) is 17.1 Å². The molecule has 0 bridgehead atoms. The summed E-state index contributed by atoms with van der Waals surface area (Å²) in [5.41, 5.74) is 4.97. The Morgan fingerprint density at radius 2 is 2.07 bits per heavy atom. The number of ether oxygens (including phenoxy) is 3. The number of nitrogens with one attached hydrogen (secondary N) is 1. The molecule has 2 unspecified atom stereocenters. The van der Waals surface area contributed by atoms with Crippen molar-refractivity contribution in [3.63, 3.8) is 0 Å². The monoisotopic (exact) mass is 415 g/mol. The predicted molar refractivity (Wildman–Crippen MR) is 92.2 cm³/mol. The lowest BCUT2D eigenvalue weighted by Crippen LogP contribution is -2.52. The average molecular weight is 415 g/mol. The van der Waals surface area contributed by atoms with Crippen LogP contribution >= 0.6 is 0 Å². The van der Waals surface area contributed by atoms with Gasteiger partial charge in [0, 0.05) is 0 Å². The van der Waals surface area contributed by atoms with Crippen LogP contribution in [0, 0.1) is 0 Å². The molecule has 0 aromatic carbocycles. The summed E-state index contributed by atoms with van der Waals surface area (Å²) >= 11 is 0. The second-order valence-corrected chi connectivity index (χ2v) is 6.92. The van der Waals surface area contributed by atoms with Crippen molar-refractivity contribution < 1.29 is 39.7 Å². The van der Waals surface area contributed by atoms with Crippen LogP contribution in [-0.2, 0) is 14.2 Å². The van der Waals surface area contributed by atoms with Crippen LogP contribution in [0.4, 0.5) is 5.95 Å². The molecule has 14 heteroatoms. The van der Waals surface area contributed by atoms with Crippen LogP contribution in [0.25, 0.3) is 11.2 Å². The summed E-state index contributed by atoms with van der Waals surface area (Å²) in [6.45, 7) is -1.61. The number of imidazole rings is 1. The highest BCUT2D eigenvalue weighted by atomic mass is 16.7. The molecule has 0 saturated carbocycles. The molecular formula is C15H21N5O9. The minimum Gasteiger partial charge on any atom is -0.394 e. The van der Waals surface area contributed by atoms with Gasteiger partial charge in [-0.15, -0.1) is 0 Å². The number of nitrogens with zero attached hydrogens (tertiary/aromatic N) is 3. The first-order chi connectivity index (χ1) is 13.8. The van der Waals surface area contributed by atoms with Gasteiger partial charge in [0.15, 0.2) is 17.4 Å². The van der Waals surface area contributed by atoms with Gasteiger partial charge >= 0.3 is 0 Å². The number of rotatable bonds is 5. The maximum atomic E-state index is 12.0.